The Hall–Kier alpha value is -2.92. The Morgan fingerprint density at radius 1 is 1.00 bits per heavy atom. The SMILES string of the molecule is Cc1ccc(NC(=O)C2Cc3ccccc3N2C(=O)c2ccccc2)c(Br)c1. The molecule has 0 fully saturated rings. The monoisotopic (exact) mass is 434 g/mol. The van der Waals surface area contributed by atoms with Gasteiger partial charge in [-0.2, -0.15) is 0 Å². The van der Waals surface area contributed by atoms with Crippen LogP contribution in [0, 0.1) is 6.92 Å². The third-order valence-corrected chi connectivity index (χ3v) is 5.56. The highest BCUT2D eigenvalue weighted by molar-refractivity contribution is 9.10. The van der Waals surface area contributed by atoms with Gasteiger partial charge in [0.2, 0.25) is 5.91 Å². The predicted molar refractivity (Wildman–Crippen MR) is 115 cm³/mol. The topological polar surface area (TPSA) is 49.4 Å². The van der Waals surface area contributed by atoms with Crippen molar-refractivity contribution in [3.05, 3.63) is 94.0 Å². The summed E-state index contributed by atoms with van der Waals surface area (Å²) in [4.78, 5) is 28.0. The van der Waals surface area contributed by atoms with Gasteiger partial charge in [-0.3, -0.25) is 14.5 Å². The Morgan fingerprint density at radius 3 is 2.46 bits per heavy atom. The highest BCUT2D eigenvalue weighted by Crippen LogP contribution is 2.34. The molecule has 1 heterocycles. The lowest BCUT2D eigenvalue weighted by Gasteiger charge is -2.25. The summed E-state index contributed by atoms with van der Waals surface area (Å²) in [6.07, 6.45) is 0.490. The summed E-state index contributed by atoms with van der Waals surface area (Å²) in [6, 6.07) is 21.9. The van der Waals surface area contributed by atoms with E-state index >= 15 is 0 Å². The third kappa shape index (κ3) is 3.45. The molecule has 1 N–H and O–H groups in total. The lowest BCUT2D eigenvalue weighted by molar-refractivity contribution is -0.117. The number of hydrogen-bond acceptors (Lipinski definition) is 2. The number of nitrogens with one attached hydrogen (secondary N) is 1. The molecule has 4 rings (SSSR count). The maximum Gasteiger partial charge on any atom is 0.259 e. The summed E-state index contributed by atoms with van der Waals surface area (Å²) in [5.74, 6) is -0.376. The minimum Gasteiger partial charge on any atom is -0.323 e. The maximum atomic E-state index is 13.2. The Kier molecular flexibility index (Phi) is 5.01. The van der Waals surface area contributed by atoms with Crippen molar-refractivity contribution in [2.45, 2.75) is 19.4 Å². The summed E-state index contributed by atoms with van der Waals surface area (Å²) in [5, 5.41) is 2.97. The van der Waals surface area contributed by atoms with Crippen molar-refractivity contribution < 1.29 is 9.59 Å². The van der Waals surface area contributed by atoms with E-state index in [0.717, 1.165) is 21.3 Å². The van der Waals surface area contributed by atoms with Crippen LogP contribution in [0.4, 0.5) is 11.4 Å². The van der Waals surface area contributed by atoms with Crippen LogP contribution in [-0.2, 0) is 11.2 Å². The number of hydrogen-bond donors (Lipinski definition) is 1. The predicted octanol–water partition coefficient (Wildman–Crippen LogP) is 4.97. The zero-order valence-electron chi connectivity index (χ0n) is 15.4. The van der Waals surface area contributed by atoms with E-state index < -0.39 is 6.04 Å². The molecule has 1 aliphatic rings. The molecule has 0 saturated carbocycles. The average molecular weight is 435 g/mol. The molecule has 3 aromatic rings. The second-order valence-corrected chi connectivity index (χ2v) is 7.72. The van der Waals surface area contributed by atoms with E-state index in [1.54, 1.807) is 17.0 Å². The van der Waals surface area contributed by atoms with E-state index in [1.807, 2.05) is 67.6 Å². The van der Waals surface area contributed by atoms with Crippen molar-refractivity contribution in [1.29, 1.82) is 0 Å². The van der Waals surface area contributed by atoms with E-state index in [-0.39, 0.29) is 11.8 Å². The molecule has 0 bridgehead atoms. The number of nitrogens with zero attached hydrogens (tertiary/aromatic N) is 1. The van der Waals surface area contributed by atoms with Crippen LogP contribution in [0.2, 0.25) is 0 Å². The number of aryl methyl sites for hydroxylation is 1. The van der Waals surface area contributed by atoms with E-state index in [2.05, 4.69) is 21.2 Å². The Labute approximate surface area is 172 Å². The summed E-state index contributed by atoms with van der Waals surface area (Å²) < 4.78 is 0.817. The van der Waals surface area contributed by atoms with Crippen LogP contribution in [-0.4, -0.2) is 17.9 Å². The van der Waals surface area contributed by atoms with Gasteiger partial charge in [0.15, 0.2) is 0 Å². The van der Waals surface area contributed by atoms with Gasteiger partial charge in [0.05, 0.1) is 5.69 Å². The van der Waals surface area contributed by atoms with Gasteiger partial charge in [0.1, 0.15) is 6.04 Å². The fourth-order valence-corrected chi connectivity index (χ4v) is 4.10. The maximum absolute atomic E-state index is 13.2. The highest BCUT2D eigenvalue weighted by atomic mass is 79.9. The first-order chi connectivity index (χ1) is 13.5. The summed E-state index contributed by atoms with van der Waals surface area (Å²) in [7, 11) is 0. The zero-order chi connectivity index (χ0) is 19.7. The molecule has 3 aromatic carbocycles. The number of carbonyl (C=O) groups is 2. The van der Waals surface area contributed by atoms with E-state index in [0.29, 0.717) is 17.7 Å². The number of benzene rings is 3. The van der Waals surface area contributed by atoms with Gasteiger partial charge < -0.3 is 5.32 Å². The summed E-state index contributed by atoms with van der Waals surface area (Å²) in [5.41, 5.74) is 4.14. The van der Waals surface area contributed by atoms with Crippen LogP contribution in [0.25, 0.3) is 0 Å². The molecular formula is C23H19BrN2O2. The molecule has 0 radical (unpaired) electrons. The molecule has 1 unspecified atom stereocenters. The molecule has 5 heteroatoms. The molecule has 28 heavy (non-hydrogen) atoms. The number of carbonyl (C=O) groups excluding carboxylic acids is 2. The minimum atomic E-state index is -0.599. The standard InChI is InChI=1S/C23H19BrN2O2/c1-15-11-12-19(18(24)13-15)25-22(27)21-14-17-9-5-6-10-20(17)26(21)23(28)16-7-3-2-4-8-16/h2-13,21H,14H2,1H3,(H,25,27). The molecule has 0 aliphatic carbocycles. The molecule has 2 amide bonds. The van der Waals surface area contributed by atoms with Crippen LogP contribution in [0.15, 0.2) is 77.3 Å². The number of halogens is 1. The smallest absolute Gasteiger partial charge is 0.259 e. The molecular weight excluding hydrogens is 416 g/mol. The van der Waals surface area contributed by atoms with E-state index in [4.69, 9.17) is 0 Å². The molecule has 140 valence electrons. The third-order valence-electron chi connectivity index (χ3n) is 4.90. The highest BCUT2D eigenvalue weighted by Gasteiger charge is 2.38. The lowest BCUT2D eigenvalue weighted by atomic mass is 10.1. The first-order valence-corrected chi connectivity index (χ1v) is 9.87. The fraction of sp³-hybridized carbons (Fsp3) is 0.130. The van der Waals surface area contributed by atoms with Gasteiger partial charge in [0, 0.05) is 22.1 Å². The van der Waals surface area contributed by atoms with Crippen molar-refractivity contribution in [3.8, 4) is 0 Å². The zero-order valence-corrected chi connectivity index (χ0v) is 16.9. The van der Waals surface area contributed by atoms with Crippen LogP contribution in [0.1, 0.15) is 21.5 Å². The number of fused-ring (bicyclic) bond motifs is 1. The van der Waals surface area contributed by atoms with Gasteiger partial charge in [-0.15, -0.1) is 0 Å². The number of amides is 2. The van der Waals surface area contributed by atoms with Crippen LogP contribution >= 0.6 is 15.9 Å². The van der Waals surface area contributed by atoms with Gasteiger partial charge in [-0.05, 0) is 64.3 Å². The normalized spacial score (nSPS) is 15.2. The molecule has 4 nitrogen and oxygen atoms in total. The van der Waals surface area contributed by atoms with Crippen molar-refractivity contribution in [2.24, 2.45) is 0 Å². The lowest BCUT2D eigenvalue weighted by Crippen LogP contribution is -2.45. The first kappa shape index (κ1) is 18.4. The Balaban J connectivity index is 1.67. The van der Waals surface area contributed by atoms with Crippen LogP contribution in [0.3, 0.4) is 0 Å². The summed E-state index contributed by atoms with van der Waals surface area (Å²) in [6.45, 7) is 1.99. The number of para-hydroxylation sites is 1. The Morgan fingerprint density at radius 2 is 1.71 bits per heavy atom. The first-order valence-electron chi connectivity index (χ1n) is 9.08. The van der Waals surface area contributed by atoms with Crippen LogP contribution < -0.4 is 10.2 Å². The van der Waals surface area contributed by atoms with Gasteiger partial charge in [-0.25, -0.2) is 0 Å². The van der Waals surface area contributed by atoms with Crippen molar-refractivity contribution in [2.75, 3.05) is 10.2 Å². The van der Waals surface area contributed by atoms with Gasteiger partial charge >= 0.3 is 0 Å². The molecule has 1 atom stereocenters. The molecule has 1 aliphatic heterocycles. The Bertz CT molecular complexity index is 1050. The second kappa shape index (κ2) is 7.60. The molecule has 0 aromatic heterocycles. The molecule has 0 saturated heterocycles. The summed E-state index contributed by atoms with van der Waals surface area (Å²) >= 11 is 3.50. The number of rotatable bonds is 3. The average Bonchev–Trinajstić information content (AvgIpc) is 3.10. The van der Waals surface area contributed by atoms with Crippen molar-refractivity contribution in [1.82, 2.24) is 0 Å². The van der Waals surface area contributed by atoms with Gasteiger partial charge in [0.25, 0.3) is 5.91 Å². The quantitative estimate of drug-likeness (QED) is 0.632. The van der Waals surface area contributed by atoms with E-state index in [1.165, 1.54) is 0 Å². The van der Waals surface area contributed by atoms with Crippen molar-refractivity contribution in [3.63, 3.8) is 0 Å². The second-order valence-electron chi connectivity index (χ2n) is 6.86. The fourth-order valence-electron chi connectivity index (χ4n) is 3.50. The van der Waals surface area contributed by atoms with Gasteiger partial charge in [-0.1, -0.05) is 42.5 Å². The van der Waals surface area contributed by atoms with Crippen molar-refractivity contribution >= 4 is 39.1 Å². The number of anilines is 2. The van der Waals surface area contributed by atoms with Crippen LogP contribution in [0.5, 0.6) is 0 Å². The molecule has 0 spiro atoms. The largest absolute Gasteiger partial charge is 0.323 e. The minimum absolute atomic E-state index is 0.173. The van der Waals surface area contributed by atoms with E-state index in [9.17, 15) is 9.59 Å².